The SMILES string of the molecule is CCCCn1c(CCC(=O)Nc2cc(C)[nH]n2)nc2cc(S(=O)(=O)N(C)C)ccc21. The number of carbonyl (C=O) groups excluding carboxylic acids is 1. The van der Waals surface area contributed by atoms with Gasteiger partial charge in [-0.3, -0.25) is 9.89 Å². The number of unbranched alkanes of at least 4 members (excludes halogenated alkanes) is 1. The molecule has 0 fully saturated rings. The van der Waals surface area contributed by atoms with E-state index in [1.165, 1.54) is 18.4 Å². The van der Waals surface area contributed by atoms with Crippen molar-refractivity contribution in [3.63, 3.8) is 0 Å². The molecule has 0 bridgehead atoms. The molecule has 0 aliphatic heterocycles. The predicted molar refractivity (Wildman–Crippen MR) is 116 cm³/mol. The fourth-order valence-corrected chi connectivity index (χ4v) is 4.12. The molecule has 0 unspecified atom stereocenters. The van der Waals surface area contributed by atoms with Crippen LogP contribution in [0.2, 0.25) is 0 Å². The van der Waals surface area contributed by atoms with Crippen molar-refractivity contribution in [2.75, 3.05) is 19.4 Å². The molecule has 2 N–H and O–H groups in total. The quantitative estimate of drug-likeness (QED) is 0.540. The number of aryl methyl sites for hydroxylation is 3. The number of aromatic nitrogens is 4. The van der Waals surface area contributed by atoms with Crippen molar-refractivity contribution in [2.45, 2.75) is 51.0 Å². The van der Waals surface area contributed by atoms with E-state index in [1.54, 1.807) is 24.3 Å². The molecule has 2 aromatic heterocycles. The summed E-state index contributed by atoms with van der Waals surface area (Å²) >= 11 is 0. The molecule has 3 rings (SSSR count). The Bertz CT molecular complexity index is 1150. The molecule has 1 amide bonds. The molecule has 1 aromatic carbocycles. The van der Waals surface area contributed by atoms with E-state index in [0.29, 0.717) is 17.8 Å². The number of nitrogens with one attached hydrogen (secondary N) is 2. The zero-order chi connectivity index (χ0) is 21.9. The highest BCUT2D eigenvalue weighted by molar-refractivity contribution is 7.89. The van der Waals surface area contributed by atoms with Crippen molar-refractivity contribution in [3.8, 4) is 0 Å². The molecule has 10 heteroatoms. The molecule has 30 heavy (non-hydrogen) atoms. The van der Waals surface area contributed by atoms with Crippen LogP contribution < -0.4 is 5.32 Å². The second-order valence-electron chi connectivity index (χ2n) is 7.46. The monoisotopic (exact) mass is 432 g/mol. The highest BCUT2D eigenvalue weighted by Gasteiger charge is 2.20. The van der Waals surface area contributed by atoms with Crippen LogP contribution >= 0.6 is 0 Å². The summed E-state index contributed by atoms with van der Waals surface area (Å²) in [5, 5.41) is 9.57. The van der Waals surface area contributed by atoms with Gasteiger partial charge in [-0.1, -0.05) is 13.3 Å². The van der Waals surface area contributed by atoms with Gasteiger partial charge in [-0.2, -0.15) is 5.10 Å². The number of imidazole rings is 1. The number of benzene rings is 1. The van der Waals surface area contributed by atoms with Gasteiger partial charge in [0.05, 0.1) is 15.9 Å². The first-order valence-electron chi connectivity index (χ1n) is 9.96. The van der Waals surface area contributed by atoms with Crippen LogP contribution in [0.3, 0.4) is 0 Å². The highest BCUT2D eigenvalue weighted by Crippen LogP contribution is 2.23. The number of H-pyrrole nitrogens is 1. The molecule has 0 atom stereocenters. The van der Waals surface area contributed by atoms with Crippen molar-refractivity contribution in [1.82, 2.24) is 24.1 Å². The van der Waals surface area contributed by atoms with Crippen LogP contribution in [0, 0.1) is 6.92 Å². The second kappa shape index (κ2) is 8.97. The van der Waals surface area contributed by atoms with Gasteiger partial charge in [-0.25, -0.2) is 17.7 Å². The Kier molecular flexibility index (Phi) is 6.57. The minimum absolute atomic E-state index is 0.147. The maximum absolute atomic E-state index is 12.5. The lowest BCUT2D eigenvalue weighted by atomic mass is 10.2. The van der Waals surface area contributed by atoms with Gasteiger partial charge in [0.15, 0.2) is 5.82 Å². The molecule has 0 aliphatic rings. The van der Waals surface area contributed by atoms with Crippen molar-refractivity contribution >= 4 is 32.8 Å². The number of hydrogen-bond donors (Lipinski definition) is 2. The number of amides is 1. The molecule has 2 heterocycles. The molecule has 162 valence electrons. The summed E-state index contributed by atoms with van der Waals surface area (Å²) in [6.45, 7) is 4.74. The van der Waals surface area contributed by atoms with Gasteiger partial charge < -0.3 is 9.88 Å². The largest absolute Gasteiger partial charge is 0.328 e. The van der Waals surface area contributed by atoms with Crippen LogP contribution in [0.5, 0.6) is 0 Å². The van der Waals surface area contributed by atoms with E-state index in [-0.39, 0.29) is 17.2 Å². The van der Waals surface area contributed by atoms with Crippen LogP contribution in [0.25, 0.3) is 11.0 Å². The van der Waals surface area contributed by atoms with E-state index in [0.717, 1.165) is 36.4 Å². The first kappa shape index (κ1) is 22.0. The highest BCUT2D eigenvalue weighted by atomic mass is 32.2. The Labute approximate surface area is 176 Å². The lowest BCUT2D eigenvalue weighted by Gasteiger charge is -2.11. The number of carbonyl (C=O) groups is 1. The Morgan fingerprint density at radius 2 is 2.03 bits per heavy atom. The number of nitrogens with zero attached hydrogens (tertiary/aromatic N) is 4. The third-order valence-electron chi connectivity index (χ3n) is 4.86. The van der Waals surface area contributed by atoms with Crippen LogP contribution in [0.1, 0.15) is 37.7 Å². The summed E-state index contributed by atoms with van der Waals surface area (Å²) < 4.78 is 28.2. The number of fused-ring (bicyclic) bond motifs is 1. The molecule has 0 spiro atoms. The predicted octanol–water partition coefficient (Wildman–Crippen LogP) is 2.69. The average Bonchev–Trinajstić information content (AvgIpc) is 3.26. The summed E-state index contributed by atoms with van der Waals surface area (Å²) in [5.74, 6) is 1.12. The summed E-state index contributed by atoms with van der Waals surface area (Å²) in [7, 11) is -0.529. The number of rotatable bonds is 9. The number of hydrogen-bond acceptors (Lipinski definition) is 5. The van der Waals surface area contributed by atoms with Crippen LogP contribution in [0.15, 0.2) is 29.2 Å². The standard InChI is InChI=1S/C20H28N6O3S/c1-5-6-11-26-17-8-7-15(30(28,29)25(3)4)13-16(17)21-19(26)9-10-20(27)22-18-12-14(2)23-24-18/h7-8,12-13H,5-6,9-11H2,1-4H3,(H2,22,23,24,27). The van der Waals surface area contributed by atoms with Crippen LogP contribution in [0.4, 0.5) is 5.82 Å². The minimum atomic E-state index is -3.54. The molecule has 0 saturated carbocycles. The Hall–Kier alpha value is -2.72. The van der Waals surface area contributed by atoms with Gasteiger partial charge in [-0.05, 0) is 31.5 Å². The molecule has 9 nitrogen and oxygen atoms in total. The number of aromatic amines is 1. The van der Waals surface area contributed by atoms with Gasteiger partial charge in [0.25, 0.3) is 0 Å². The zero-order valence-corrected chi connectivity index (χ0v) is 18.6. The fourth-order valence-electron chi connectivity index (χ4n) is 3.20. The van der Waals surface area contributed by atoms with E-state index in [1.807, 2.05) is 6.92 Å². The van der Waals surface area contributed by atoms with Crippen molar-refractivity contribution in [1.29, 1.82) is 0 Å². The summed E-state index contributed by atoms with van der Waals surface area (Å²) in [6, 6.07) is 6.77. The van der Waals surface area contributed by atoms with Crippen molar-refractivity contribution in [2.24, 2.45) is 0 Å². The lowest BCUT2D eigenvalue weighted by Crippen LogP contribution is -2.22. The summed E-state index contributed by atoms with van der Waals surface area (Å²) in [4.78, 5) is 17.2. The maximum atomic E-state index is 12.5. The summed E-state index contributed by atoms with van der Waals surface area (Å²) in [6.07, 6.45) is 2.69. The number of anilines is 1. The molecular weight excluding hydrogens is 404 g/mol. The Balaban J connectivity index is 1.85. The van der Waals surface area contributed by atoms with E-state index in [9.17, 15) is 13.2 Å². The molecule has 3 aromatic rings. The first-order valence-corrected chi connectivity index (χ1v) is 11.4. The molecule has 0 radical (unpaired) electrons. The van der Waals surface area contributed by atoms with E-state index in [2.05, 4.69) is 32.0 Å². The molecular formula is C20H28N6O3S. The van der Waals surface area contributed by atoms with E-state index < -0.39 is 10.0 Å². The normalized spacial score (nSPS) is 12.0. The van der Waals surface area contributed by atoms with Crippen LogP contribution in [-0.2, 0) is 27.8 Å². The van der Waals surface area contributed by atoms with E-state index in [4.69, 9.17) is 0 Å². The zero-order valence-electron chi connectivity index (χ0n) is 17.8. The second-order valence-corrected chi connectivity index (χ2v) is 9.61. The smallest absolute Gasteiger partial charge is 0.242 e. The van der Waals surface area contributed by atoms with E-state index >= 15 is 0 Å². The molecule has 0 aliphatic carbocycles. The third kappa shape index (κ3) is 4.71. The Morgan fingerprint density at radius 1 is 1.27 bits per heavy atom. The number of sulfonamides is 1. The van der Waals surface area contributed by atoms with Crippen molar-refractivity contribution < 1.29 is 13.2 Å². The fraction of sp³-hybridized carbons (Fsp3) is 0.450. The van der Waals surface area contributed by atoms with Crippen LogP contribution in [-0.4, -0.2) is 52.5 Å². The van der Waals surface area contributed by atoms with Gasteiger partial charge in [0, 0.05) is 45.2 Å². The third-order valence-corrected chi connectivity index (χ3v) is 6.67. The van der Waals surface area contributed by atoms with Gasteiger partial charge >= 0.3 is 0 Å². The summed E-state index contributed by atoms with van der Waals surface area (Å²) in [5.41, 5.74) is 2.36. The van der Waals surface area contributed by atoms with Gasteiger partial charge in [0.1, 0.15) is 5.82 Å². The maximum Gasteiger partial charge on any atom is 0.242 e. The average molecular weight is 433 g/mol. The molecule has 0 saturated heterocycles. The van der Waals surface area contributed by atoms with Crippen molar-refractivity contribution in [3.05, 3.63) is 35.8 Å². The lowest BCUT2D eigenvalue weighted by molar-refractivity contribution is -0.116. The Morgan fingerprint density at radius 3 is 2.67 bits per heavy atom. The topological polar surface area (TPSA) is 113 Å². The minimum Gasteiger partial charge on any atom is -0.328 e. The first-order chi connectivity index (χ1) is 14.2. The van der Waals surface area contributed by atoms with Gasteiger partial charge in [0.2, 0.25) is 15.9 Å². The van der Waals surface area contributed by atoms with Gasteiger partial charge in [-0.15, -0.1) is 0 Å².